The van der Waals surface area contributed by atoms with Crippen LogP contribution in [0.15, 0.2) is 78.9 Å². The van der Waals surface area contributed by atoms with Gasteiger partial charge in [-0.15, -0.1) is 0 Å². The zero-order valence-corrected chi connectivity index (χ0v) is 19.9. The van der Waals surface area contributed by atoms with Crippen LogP contribution in [0.2, 0.25) is 0 Å². The van der Waals surface area contributed by atoms with Crippen LogP contribution in [0.5, 0.6) is 11.5 Å². The molecular formula is C27H28N4O5. The van der Waals surface area contributed by atoms with Crippen LogP contribution in [0.4, 0.5) is 16.2 Å². The van der Waals surface area contributed by atoms with Gasteiger partial charge in [-0.1, -0.05) is 30.3 Å². The number of rotatable bonds is 8. The number of amides is 4. The van der Waals surface area contributed by atoms with Crippen molar-refractivity contribution >= 4 is 29.2 Å². The van der Waals surface area contributed by atoms with E-state index in [1.165, 1.54) is 4.90 Å². The molecule has 3 N–H and O–H groups in total. The Balaban J connectivity index is 1.33. The van der Waals surface area contributed by atoms with Gasteiger partial charge in [0.15, 0.2) is 0 Å². The van der Waals surface area contributed by atoms with Gasteiger partial charge in [-0.25, -0.2) is 4.79 Å². The van der Waals surface area contributed by atoms with Crippen LogP contribution in [0, 0.1) is 0 Å². The minimum Gasteiger partial charge on any atom is -0.497 e. The third kappa shape index (κ3) is 6.53. The van der Waals surface area contributed by atoms with Gasteiger partial charge in [0.05, 0.1) is 13.5 Å². The molecule has 4 rings (SSSR count). The number of methoxy groups -OCH3 is 1. The van der Waals surface area contributed by atoms with E-state index < -0.39 is 12.1 Å². The van der Waals surface area contributed by atoms with Crippen molar-refractivity contribution in [1.82, 2.24) is 10.2 Å². The maximum Gasteiger partial charge on any atom is 0.322 e. The quantitative estimate of drug-likeness (QED) is 0.449. The van der Waals surface area contributed by atoms with E-state index in [-0.39, 0.29) is 24.8 Å². The number of nitrogens with zero attached hydrogens (tertiary/aromatic N) is 1. The molecule has 36 heavy (non-hydrogen) atoms. The molecule has 9 heteroatoms. The smallest absolute Gasteiger partial charge is 0.322 e. The molecule has 9 nitrogen and oxygen atoms in total. The van der Waals surface area contributed by atoms with Gasteiger partial charge in [-0.3, -0.25) is 9.59 Å². The molecular weight excluding hydrogens is 460 g/mol. The number of urea groups is 1. The number of benzene rings is 3. The lowest BCUT2D eigenvalue weighted by molar-refractivity contribution is -0.130. The van der Waals surface area contributed by atoms with Crippen molar-refractivity contribution in [2.24, 2.45) is 0 Å². The van der Waals surface area contributed by atoms with Crippen LogP contribution < -0.4 is 25.4 Å². The summed E-state index contributed by atoms with van der Waals surface area (Å²) >= 11 is 0. The van der Waals surface area contributed by atoms with Crippen LogP contribution in [-0.2, 0) is 16.2 Å². The highest BCUT2D eigenvalue weighted by Gasteiger charge is 2.34. The number of ether oxygens (including phenoxy) is 2. The number of nitrogens with one attached hydrogen (secondary N) is 3. The summed E-state index contributed by atoms with van der Waals surface area (Å²) in [5.41, 5.74) is 2.18. The number of hydrogen-bond acceptors (Lipinski definition) is 5. The Labute approximate surface area is 209 Å². The summed E-state index contributed by atoms with van der Waals surface area (Å²) in [6.07, 6.45) is -0.169. The Morgan fingerprint density at radius 3 is 2.22 bits per heavy atom. The largest absolute Gasteiger partial charge is 0.497 e. The zero-order valence-electron chi connectivity index (χ0n) is 19.9. The Bertz CT molecular complexity index is 1180. The van der Waals surface area contributed by atoms with E-state index in [4.69, 9.17) is 9.47 Å². The van der Waals surface area contributed by atoms with Crippen molar-refractivity contribution in [3.63, 3.8) is 0 Å². The molecule has 1 heterocycles. The van der Waals surface area contributed by atoms with Gasteiger partial charge in [-0.2, -0.15) is 0 Å². The highest BCUT2D eigenvalue weighted by atomic mass is 16.5. The normalized spacial score (nSPS) is 15.0. The van der Waals surface area contributed by atoms with Gasteiger partial charge >= 0.3 is 6.03 Å². The van der Waals surface area contributed by atoms with Crippen molar-refractivity contribution in [2.45, 2.75) is 19.1 Å². The third-order valence-corrected chi connectivity index (χ3v) is 5.70. The lowest BCUT2D eigenvalue weighted by Crippen LogP contribution is -2.59. The van der Waals surface area contributed by atoms with Crippen molar-refractivity contribution in [2.75, 3.05) is 30.8 Å². The highest BCUT2D eigenvalue weighted by Crippen LogP contribution is 2.20. The van der Waals surface area contributed by atoms with Crippen LogP contribution in [0.1, 0.15) is 12.0 Å². The van der Waals surface area contributed by atoms with E-state index in [1.807, 2.05) is 30.3 Å². The van der Waals surface area contributed by atoms with E-state index in [0.717, 1.165) is 5.56 Å². The number of piperazine rings is 1. The van der Waals surface area contributed by atoms with Gasteiger partial charge < -0.3 is 30.3 Å². The first-order valence-electron chi connectivity index (χ1n) is 11.6. The maximum atomic E-state index is 13.0. The lowest BCUT2D eigenvalue weighted by atomic mass is 10.1. The van der Waals surface area contributed by atoms with Gasteiger partial charge in [0.25, 0.3) is 0 Å². The fraction of sp³-hybridized carbons (Fsp3) is 0.222. The molecule has 0 aromatic heterocycles. The fourth-order valence-electron chi connectivity index (χ4n) is 3.79. The third-order valence-electron chi connectivity index (χ3n) is 5.70. The number of anilines is 2. The summed E-state index contributed by atoms with van der Waals surface area (Å²) in [6, 6.07) is 22.3. The van der Waals surface area contributed by atoms with Crippen LogP contribution in [0.3, 0.4) is 0 Å². The van der Waals surface area contributed by atoms with Crippen LogP contribution in [-0.4, -0.2) is 49.0 Å². The lowest BCUT2D eigenvalue weighted by Gasteiger charge is -2.34. The molecule has 1 saturated heterocycles. The van der Waals surface area contributed by atoms with Crippen LogP contribution >= 0.6 is 0 Å². The summed E-state index contributed by atoms with van der Waals surface area (Å²) in [6.45, 7) is 1.04. The van der Waals surface area contributed by atoms with Gasteiger partial charge in [0.2, 0.25) is 11.8 Å². The second kappa shape index (κ2) is 11.7. The van der Waals surface area contributed by atoms with E-state index in [1.54, 1.807) is 55.6 Å². The topological polar surface area (TPSA) is 109 Å². The molecule has 3 aromatic rings. The number of carbonyl (C=O) groups excluding carboxylic acids is 3. The Kier molecular flexibility index (Phi) is 8.02. The van der Waals surface area contributed by atoms with Gasteiger partial charge in [-0.05, 0) is 54.1 Å². The molecule has 1 aliphatic rings. The van der Waals surface area contributed by atoms with E-state index in [9.17, 15) is 14.4 Å². The molecule has 186 valence electrons. The highest BCUT2D eigenvalue weighted by molar-refractivity contribution is 5.99. The first kappa shape index (κ1) is 24.6. The summed E-state index contributed by atoms with van der Waals surface area (Å²) in [5, 5.41) is 8.28. The monoisotopic (exact) mass is 488 g/mol. The average molecular weight is 489 g/mol. The average Bonchev–Trinajstić information content (AvgIpc) is 2.90. The first-order chi connectivity index (χ1) is 17.5. The van der Waals surface area contributed by atoms with E-state index >= 15 is 0 Å². The minimum absolute atomic E-state index is 0.169. The molecule has 4 amide bonds. The molecule has 0 spiro atoms. The number of carbonyl (C=O) groups is 3. The molecule has 1 atom stereocenters. The summed E-state index contributed by atoms with van der Waals surface area (Å²) in [7, 11) is 1.56. The van der Waals surface area contributed by atoms with Crippen LogP contribution in [0.25, 0.3) is 0 Å². The summed E-state index contributed by atoms with van der Waals surface area (Å²) in [4.78, 5) is 39.5. The fourth-order valence-corrected chi connectivity index (χ4v) is 3.79. The molecule has 1 fully saturated rings. The van der Waals surface area contributed by atoms with Crippen molar-refractivity contribution in [3.8, 4) is 11.5 Å². The first-order valence-corrected chi connectivity index (χ1v) is 11.6. The number of hydrogen-bond donors (Lipinski definition) is 3. The zero-order chi connectivity index (χ0) is 25.3. The molecule has 0 radical (unpaired) electrons. The van der Waals surface area contributed by atoms with Crippen molar-refractivity contribution in [1.29, 1.82) is 0 Å². The maximum absolute atomic E-state index is 13.0. The Hall–Kier alpha value is -4.53. The van der Waals surface area contributed by atoms with Gasteiger partial charge in [0.1, 0.15) is 24.1 Å². The summed E-state index contributed by atoms with van der Waals surface area (Å²) < 4.78 is 10.9. The molecule has 0 aliphatic carbocycles. The second-order valence-corrected chi connectivity index (χ2v) is 8.21. The van der Waals surface area contributed by atoms with Gasteiger partial charge in [0, 0.05) is 24.5 Å². The van der Waals surface area contributed by atoms with Crippen molar-refractivity contribution < 1.29 is 23.9 Å². The van der Waals surface area contributed by atoms with E-state index in [0.29, 0.717) is 36.0 Å². The molecule has 1 unspecified atom stereocenters. The van der Waals surface area contributed by atoms with E-state index in [2.05, 4.69) is 16.0 Å². The second-order valence-electron chi connectivity index (χ2n) is 8.21. The van der Waals surface area contributed by atoms with Crippen molar-refractivity contribution in [3.05, 3.63) is 84.4 Å². The molecule has 0 bridgehead atoms. The SMILES string of the molecule is COc1ccc(NC(=O)CC2C(=O)NCCN2C(=O)Nc2ccc(OCc3ccccc3)cc2)cc1. The standard InChI is InChI=1S/C27H28N4O5/c1-35-22-11-7-20(8-12-22)29-25(32)17-24-26(33)28-15-16-31(24)27(34)30-21-9-13-23(14-10-21)36-18-19-5-3-2-4-6-19/h2-14,24H,15-18H2,1H3,(H,28,33)(H,29,32)(H,30,34). The Morgan fingerprint density at radius 1 is 0.917 bits per heavy atom. The molecule has 0 saturated carbocycles. The predicted octanol–water partition coefficient (Wildman–Crippen LogP) is 3.64. The Morgan fingerprint density at radius 2 is 1.56 bits per heavy atom. The predicted molar refractivity (Wildman–Crippen MR) is 136 cm³/mol. The minimum atomic E-state index is -0.925. The summed E-state index contributed by atoms with van der Waals surface area (Å²) in [5.74, 6) is 0.589. The molecule has 1 aliphatic heterocycles. The molecule has 3 aromatic carbocycles.